The molecule has 1 unspecified atom stereocenters. The number of amides is 1. The molecule has 2 rings (SSSR count). The van der Waals surface area contributed by atoms with E-state index in [2.05, 4.69) is 0 Å². The predicted octanol–water partition coefficient (Wildman–Crippen LogP) is 4.09. The topological polar surface area (TPSA) is 46.3 Å². The van der Waals surface area contributed by atoms with Crippen molar-refractivity contribution in [2.45, 2.75) is 25.7 Å². The van der Waals surface area contributed by atoms with Gasteiger partial charge in [0.15, 0.2) is 0 Å². The molecule has 1 atom stereocenters. The largest absolute Gasteiger partial charge is 0.416 e. The Bertz CT molecular complexity index is 717. The van der Waals surface area contributed by atoms with Gasteiger partial charge in [0.25, 0.3) is 0 Å². The van der Waals surface area contributed by atoms with E-state index in [1.165, 1.54) is 18.0 Å². The molecule has 0 heterocycles. The van der Waals surface area contributed by atoms with Crippen LogP contribution in [0.5, 0.6) is 0 Å². The van der Waals surface area contributed by atoms with Crippen LogP contribution in [0.15, 0.2) is 48.5 Å². The van der Waals surface area contributed by atoms with Gasteiger partial charge in [-0.25, -0.2) is 0 Å². The quantitative estimate of drug-likeness (QED) is 0.878. The zero-order chi connectivity index (χ0) is 17.9. The van der Waals surface area contributed by atoms with E-state index < -0.39 is 17.8 Å². The van der Waals surface area contributed by atoms with Gasteiger partial charge < -0.3 is 10.6 Å². The van der Waals surface area contributed by atoms with E-state index in [0.717, 1.165) is 17.7 Å². The van der Waals surface area contributed by atoms with Crippen LogP contribution in [0.25, 0.3) is 0 Å². The Morgan fingerprint density at radius 3 is 2.32 bits per heavy atom. The summed E-state index contributed by atoms with van der Waals surface area (Å²) in [5.41, 5.74) is 7.36. The number of aryl methyl sites for hydroxylation is 1. The first-order chi connectivity index (χ1) is 11.2. The van der Waals surface area contributed by atoms with E-state index in [1.54, 1.807) is 18.2 Å². The third-order valence-electron chi connectivity index (χ3n) is 3.75. The molecule has 136 valence electrons. The minimum Gasteiger partial charge on any atom is -0.340 e. The van der Waals surface area contributed by atoms with E-state index in [9.17, 15) is 18.0 Å². The van der Waals surface area contributed by atoms with E-state index in [0.29, 0.717) is 11.1 Å². The number of hydrogen-bond donors (Lipinski definition) is 1. The number of rotatable bonds is 4. The SMILES string of the molecule is Cc1ccc(C(N)C(=O)N(C)Cc2cccc(C(F)(F)F)c2)cc1.Cl. The van der Waals surface area contributed by atoms with Crippen molar-refractivity contribution in [2.75, 3.05) is 7.05 Å². The van der Waals surface area contributed by atoms with Crippen molar-refractivity contribution in [3.8, 4) is 0 Å². The van der Waals surface area contributed by atoms with Gasteiger partial charge in [-0.2, -0.15) is 13.2 Å². The fraction of sp³-hybridized carbons (Fsp3) is 0.278. The summed E-state index contributed by atoms with van der Waals surface area (Å²) < 4.78 is 38.2. The molecule has 1 amide bonds. The first kappa shape index (κ1) is 21.0. The summed E-state index contributed by atoms with van der Waals surface area (Å²) in [5, 5.41) is 0. The molecule has 0 radical (unpaired) electrons. The van der Waals surface area contributed by atoms with Gasteiger partial charge in [0.2, 0.25) is 5.91 Å². The van der Waals surface area contributed by atoms with E-state index >= 15 is 0 Å². The molecule has 0 fully saturated rings. The molecule has 2 aromatic rings. The Morgan fingerprint density at radius 1 is 1.16 bits per heavy atom. The lowest BCUT2D eigenvalue weighted by Crippen LogP contribution is -2.35. The molecule has 3 nitrogen and oxygen atoms in total. The zero-order valence-corrected chi connectivity index (χ0v) is 14.7. The van der Waals surface area contributed by atoms with Crippen LogP contribution in [0.4, 0.5) is 13.2 Å². The number of likely N-dealkylation sites (N-methyl/N-ethyl adjacent to an activating group) is 1. The molecule has 0 bridgehead atoms. The highest BCUT2D eigenvalue weighted by Gasteiger charge is 2.30. The van der Waals surface area contributed by atoms with Crippen LogP contribution in [0.2, 0.25) is 0 Å². The fourth-order valence-electron chi connectivity index (χ4n) is 2.35. The van der Waals surface area contributed by atoms with Gasteiger partial charge >= 0.3 is 6.18 Å². The third-order valence-corrected chi connectivity index (χ3v) is 3.75. The summed E-state index contributed by atoms with van der Waals surface area (Å²) in [6.45, 7) is 1.99. The molecule has 0 saturated carbocycles. The molecule has 25 heavy (non-hydrogen) atoms. The van der Waals surface area contributed by atoms with Crippen LogP contribution >= 0.6 is 12.4 Å². The minimum absolute atomic E-state index is 0. The van der Waals surface area contributed by atoms with Crippen molar-refractivity contribution < 1.29 is 18.0 Å². The van der Waals surface area contributed by atoms with Crippen LogP contribution in [-0.4, -0.2) is 17.9 Å². The van der Waals surface area contributed by atoms with Crippen molar-refractivity contribution in [1.82, 2.24) is 4.90 Å². The van der Waals surface area contributed by atoms with E-state index in [1.807, 2.05) is 19.1 Å². The van der Waals surface area contributed by atoms with Crippen molar-refractivity contribution in [1.29, 1.82) is 0 Å². The molecular formula is C18H20ClF3N2O. The zero-order valence-electron chi connectivity index (χ0n) is 13.9. The van der Waals surface area contributed by atoms with Crippen molar-refractivity contribution in [3.05, 3.63) is 70.8 Å². The van der Waals surface area contributed by atoms with E-state index in [-0.39, 0.29) is 24.9 Å². The normalized spacial score (nSPS) is 12.2. The molecule has 0 aliphatic heterocycles. The number of nitrogens with zero attached hydrogens (tertiary/aromatic N) is 1. The Hall–Kier alpha value is -2.05. The average Bonchev–Trinajstić information content (AvgIpc) is 2.53. The van der Waals surface area contributed by atoms with E-state index in [4.69, 9.17) is 5.73 Å². The van der Waals surface area contributed by atoms with Crippen molar-refractivity contribution >= 4 is 18.3 Å². The standard InChI is InChI=1S/C18H19F3N2O.ClH/c1-12-6-8-14(9-7-12)16(22)17(24)23(2)11-13-4-3-5-15(10-13)18(19,20)21;/h3-10,16H,11,22H2,1-2H3;1H. The van der Waals surface area contributed by atoms with Gasteiger partial charge in [0.05, 0.1) is 5.56 Å². The van der Waals surface area contributed by atoms with Crippen molar-refractivity contribution in [3.63, 3.8) is 0 Å². The number of benzene rings is 2. The lowest BCUT2D eigenvalue weighted by atomic mass is 10.0. The third kappa shape index (κ3) is 5.47. The summed E-state index contributed by atoms with van der Waals surface area (Å²) in [5.74, 6) is -0.351. The highest BCUT2D eigenvalue weighted by molar-refractivity contribution is 5.85. The summed E-state index contributed by atoms with van der Waals surface area (Å²) in [7, 11) is 1.52. The van der Waals surface area contributed by atoms with Crippen LogP contribution in [0, 0.1) is 6.92 Å². The van der Waals surface area contributed by atoms with Gasteiger partial charge in [0, 0.05) is 13.6 Å². The highest BCUT2D eigenvalue weighted by Crippen LogP contribution is 2.29. The highest BCUT2D eigenvalue weighted by atomic mass is 35.5. The maximum Gasteiger partial charge on any atom is 0.416 e. The number of halogens is 4. The molecule has 0 saturated heterocycles. The molecule has 0 spiro atoms. The molecule has 2 aromatic carbocycles. The number of hydrogen-bond acceptors (Lipinski definition) is 2. The Labute approximate surface area is 151 Å². The number of alkyl halides is 3. The fourth-order valence-corrected chi connectivity index (χ4v) is 2.35. The average molecular weight is 373 g/mol. The first-order valence-corrected chi connectivity index (χ1v) is 7.42. The smallest absolute Gasteiger partial charge is 0.340 e. The second kappa shape index (κ2) is 8.36. The van der Waals surface area contributed by atoms with Gasteiger partial charge in [0.1, 0.15) is 6.04 Å². The number of nitrogens with two attached hydrogens (primary N) is 1. The second-order valence-electron chi connectivity index (χ2n) is 5.78. The molecule has 0 aliphatic carbocycles. The monoisotopic (exact) mass is 372 g/mol. The summed E-state index contributed by atoms with van der Waals surface area (Å²) in [6.07, 6.45) is -4.41. The summed E-state index contributed by atoms with van der Waals surface area (Å²) in [6, 6.07) is 11.3. The minimum atomic E-state index is -4.41. The molecular weight excluding hydrogens is 353 g/mol. The summed E-state index contributed by atoms with van der Waals surface area (Å²) in [4.78, 5) is 13.7. The number of carbonyl (C=O) groups is 1. The maximum atomic E-state index is 12.7. The van der Waals surface area contributed by atoms with Crippen LogP contribution in [0.3, 0.4) is 0 Å². The predicted molar refractivity (Wildman–Crippen MR) is 93.3 cm³/mol. The number of carbonyl (C=O) groups excluding carboxylic acids is 1. The first-order valence-electron chi connectivity index (χ1n) is 7.42. The Balaban J connectivity index is 0.00000312. The van der Waals surface area contributed by atoms with Gasteiger partial charge in [-0.1, -0.05) is 42.0 Å². The van der Waals surface area contributed by atoms with Crippen LogP contribution in [-0.2, 0) is 17.5 Å². The van der Waals surface area contributed by atoms with Crippen LogP contribution < -0.4 is 5.73 Å². The van der Waals surface area contributed by atoms with Crippen LogP contribution in [0.1, 0.15) is 28.3 Å². The summed E-state index contributed by atoms with van der Waals surface area (Å²) >= 11 is 0. The second-order valence-corrected chi connectivity index (χ2v) is 5.78. The lowest BCUT2D eigenvalue weighted by Gasteiger charge is -2.22. The molecule has 0 aliphatic rings. The Kier molecular flexibility index (Phi) is 7.02. The lowest BCUT2D eigenvalue weighted by molar-refractivity contribution is -0.137. The molecule has 0 aromatic heterocycles. The van der Waals surface area contributed by atoms with Gasteiger partial charge in [-0.3, -0.25) is 4.79 Å². The van der Waals surface area contributed by atoms with Gasteiger partial charge in [-0.05, 0) is 30.2 Å². The van der Waals surface area contributed by atoms with Gasteiger partial charge in [-0.15, -0.1) is 12.4 Å². The Morgan fingerprint density at radius 2 is 1.76 bits per heavy atom. The molecule has 7 heteroatoms. The maximum absolute atomic E-state index is 12.7. The van der Waals surface area contributed by atoms with Crippen molar-refractivity contribution in [2.24, 2.45) is 5.73 Å². The molecule has 2 N–H and O–H groups in total.